The molecule has 0 bridgehead atoms. The number of pyridine rings is 1. The summed E-state index contributed by atoms with van der Waals surface area (Å²) >= 11 is 3.46. The van der Waals surface area contributed by atoms with Crippen molar-refractivity contribution in [3.8, 4) is 5.75 Å². The smallest absolute Gasteiger partial charge is 0.327 e. The van der Waals surface area contributed by atoms with Crippen LogP contribution in [-0.2, 0) is 4.79 Å². The Morgan fingerprint density at radius 3 is 2.40 bits per heavy atom. The van der Waals surface area contributed by atoms with Gasteiger partial charge in [-0.15, -0.1) is 0 Å². The number of halogens is 1. The van der Waals surface area contributed by atoms with Crippen LogP contribution in [0, 0.1) is 13.8 Å². The van der Waals surface area contributed by atoms with Gasteiger partial charge in [-0.25, -0.2) is 0 Å². The molecule has 0 saturated carbocycles. The van der Waals surface area contributed by atoms with Gasteiger partial charge in [0.1, 0.15) is 10.1 Å². The lowest BCUT2D eigenvalue weighted by Crippen LogP contribution is -2.41. The van der Waals surface area contributed by atoms with Gasteiger partial charge in [0.15, 0.2) is 0 Å². The Morgan fingerprint density at radius 1 is 1.11 bits per heavy atom. The van der Waals surface area contributed by atoms with Gasteiger partial charge >= 0.3 is 5.97 Å². The first kappa shape index (κ1) is 29.4. The molecule has 7 heteroatoms. The zero-order valence-corrected chi connectivity index (χ0v) is 24.1. The summed E-state index contributed by atoms with van der Waals surface area (Å²) < 4.78 is 5.29. The summed E-state index contributed by atoms with van der Waals surface area (Å²) in [5, 5.41) is 3.47. The minimum atomic E-state index is -0.782. The Balaban J connectivity index is 2.63. The number of aryl methyl sites for hydroxylation is 2. The van der Waals surface area contributed by atoms with E-state index >= 15 is 0 Å². The fraction of sp³-hybridized carbons (Fsp3) is 0.571. The first-order valence-corrected chi connectivity index (χ1v) is 13.5. The first-order valence-electron chi connectivity index (χ1n) is 12.7. The van der Waals surface area contributed by atoms with E-state index in [4.69, 9.17) is 9.72 Å². The molecule has 1 heterocycles. The standard InChI is InChI=1S/C28H43BrN4O2/c1-8-30-15-16-33(18-17-32(9-2)10-3)25(24-13-11-12-14-31-24)23-20-21(4)19-22(5)26(23)35-27(34)28(6,7)29/h11-14,19-20,25,30H,8-10,15-18H2,1-7H3. The van der Waals surface area contributed by atoms with Crippen molar-refractivity contribution < 1.29 is 9.53 Å². The number of rotatable bonds is 14. The molecule has 1 aromatic heterocycles. The third-order valence-electron chi connectivity index (χ3n) is 6.18. The van der Waals surface area contributed by atoms with E-state index in [2.05, 4.69) is 76.9 Å². The van der Waals surface area contributed by atoms with Crippen molar-refractivity contribution in [2.75, 3.05) is 45.8 Å². The number of carbonyl (C=O) groups excluding carboxylic acids is 1. The number of likely N-dealkylation sites (N-methyl/N-ethyl adjacent to an activating group) is 2. The number of hydrogen-bond acceptors (Lipinski definition) is 6. The number of alkyl halides is 1. The normalized spacial score (nSPS) is 12.9. The molecule has 35 heavy (non-hydrogen) atoms. The molecule has 1 aromatic carbocycles. The van der Waals surface area contributed by atoms with Crippen molar-refractivity contribution in [3.05, 3.63) is 58.9 Å². The van der Waals surface area contributed by atoms with E-state index in [-0.39, 0.29) is 12.0 Å². The molecule has 2 aromatic rings. The van der Waals surface area contributed by atoms with Crippen LogP contribution in [0.4, 0.5) is 0 Å². The summed E-state index contributed by atoms with van der Waals surface area (Å²) in [5.41, 5.74) is 4.00. The number of esters is 1. The fourth-order valence-corrected chi connectivity index (χ4v) is 4.28. The van der Waals surface area contributed by atoms with Crippen LogP contribution in [0.2, 0.25) is 0 Å². The Kier molecular flexibility index (Phi) is 11.8. The lowest BCUT2D eigenvalue weighted by atomic mass is 9.95. The van der Waals surface area contributed by atoms with Gasteiger partial charge in [0.25, 0.3) is 0 Å². The van der Waals surface area contributed by atoms with Gasteiger partial charge in [-0.05, 0) is 65.0 Å². The third kappa shape index (κ3) is 8.67. The summed E-state index contributed by atoms with van der Waals surface area (Å²) in [7, 11) is 0. The molecule has 0 radical (unpaired) electrons. The average Bonchev–Trinajstić information content (AvgIpc) is 2.81. The molecule has 0 aliphatic carbocycles. The molecular formula is C28H43BrN4O2. The van der Waals surface area contributed by atoms with Gasteiger partial charge in [0.05, 0.1) is 11.7 Å². The van der Waals surface area contributed by atoms with E-state index < -0.39 is 4.32 Å². The highest BCUT2D eigenvalue weighted by Crippen LogP contribution is 2.38. The van der Waals surface area contributed by atoms with Crippen LogP contribution in [0.25, 0.3) is 0 Å². The second kappa shape index (κ2) is 14.1. The maximum Gasteiger partial charge on any atom is 0.327 e. The molecule has 1 atom stereocenters. The summed E-state index contributed by atoms with van der Waals surface area (Å²) in [6.07, 6.45) is 1.84. The van der Waals surface area contributed by atoms with E-state index in [1.165, 1.54) is 0 Å². The van der Waals surface area contributed by atoms with Gasteiger partial charge in [-0.1, -0.05) is 60.5 Å². The summed E-state index contributed by atoms with van der Waals surface area (Å²) in [6.45, 7) is 20.7. The predicted molar refractivity (Wildman–Crippen MR) is 149 cm³/mol. The average molecular weight is 548 g/mol. The molecule has 0 aliphatic rings. The number of nitrogens with one attached hydrogen (secondary N) is 1. The molecule has 194 valence electrons. The lowest BCUT2D eigenvalue weighted by Gasteiger charge is -2.35. The SMILES string of the molecule is CCNCCN(CCN(CC)CC)C(c1ccccn1)c1cc(C)cc(C)c1OC(=O)C(C)(C)Br. The molecule has 0 amide bonds. The van der Waals surface area contributed by atoms with Crippen LogP contribution in [-0.4, -0.2) is 70.9 Å². The highest BCUT2D eigenvalue weighted by molar-refractivity contribution is 9.10. The van der Waals surface area contributed by atoms with Crippen LogP contribution < -0.4 is 10.1 Å². The second-order valence-corrected chi connectivity index (χ2v) is 11.4. The zero-order valence-electron chi connectivity index (χ0n) is 22.5. The Hall–Kier alpha value is -1.80. The van der Waals surface area contributed by atoms with Crippen LogP contribution in [0.3, 0.4) is 0 Å². The molecular weight excluding hydrogens is 504 g/mol. The molecule has 6 nitrogen and oxygen atoms in total. The monoisotopic (exact) mass is 546 g/mol. The molecule has 0 spiro atoms. The number of ether oxygens (including phenoxy) is 1. The van der Waals surface area contributed by atoms with Crippen molar-refractivity contribution in [3.63, 3.8) is 0 Å². The minimum Gasteiger partial charge on any atom is -0.425 e. The van der Waals surface area contributed by atoms with Crippen LogP contribution in [0.15, 0.2) is 36.5 Å². The molecule has 0 aliphatic heterocycles. The lowest BCUT2D eigenvalue weighted by molar-refractivity contribution is -0.136. The second-order valence-electron chi connectivity index (χ2n) is 9.44. The van der Waals surface area contributed by atoms with E-state index in [1.807, 2.05) is 39.1 Å². The van der Waals surface area contributed by atoms with Crippen molar-refractivity contribution in [2.45, 2.75) is 58.8 Å². The molecule has 1 N–H and O–H groups in total. The van der Waals surface area contributed by atoms with Crippen molar-refractivity contribution in [1.29, 1.82) is 0 Å². The Morgan fingerprint density at radius 2 is 1.83 bits per heavy atom. The van der Waals surface area contributed by atoms with Gasteiger partial charge in [0, 0.05) is 37.9 Å². The molecule has 1 unspecified atom stereocenters. The fourth-order valence-electron chi connectivity index (χ4n) is 4.20. The van der Waals surface area contributed by atoms with E-state index in [0.717, 1.165) is 68.2 Å². The summed E-state index contributed by atoms with van der Waals surface area (Å²) in [4.78, 5) is 22.6. The van der Waals surface area contributed by atoms with Gasteiger partial charge in [-0.3, -0.25) is 14.7 Å². The quantitative estimate of drug-likeness (QED) is 0.153. The van der Waals surface area contributed by atoms with Crippen molar-refractivity contribution in [2.24, 2.45) is 0 Å². The van der Waals surface area contributed by atoms with Gasteiger partial charge in [0.2, 0.25) is 0 Å². The first-order chi connectivity index (χ1) is 16.6. The molecule has 0 fully saturated rings. The topological polar surface area (TPSA) is 57.7 Å². The zero-order chi connectivity index (χ0) is 26.0. The van der Waals surface area contributed by atoms with Crippen LogP contribution >= 0.6 is 15.9 Å². The molecule has 2 rings (SSSR count). The Bertz CT molecular complexity index is 927. The van der Waals surface area contributed by atoms with Crippen molar-refractivity contribution in [1.82, 2.24) is 20.1 Å². The highest BCUT2D eigenvalue weighted by Gasteiger charge is 2.32. The van der Waals surface area contributed by atoms with E-state index in [0.29, 0.717) is 5.75 Å². The van der Waals surface area contributed by atoms with Crippen molar-refractivity contribution >= 4 is 21.9 Å². The highest BCUT2D eigenvalue weighted by atomic mass is 79.9. The third-order valence-corrected chi connectivity index (χ3v) is 6.50. The van der Waals surface area contributed by atoms with Gasteiger partial charge in [-0.2, -0.15) is 0 Å². The largest absolute Gasteiger partial charge is 0.425 e. The minimum absolute atomic E-state index is 0.148. The Labute approximate surface area is 220 Å². The van der Waals surface area contributed by atoms with E-state index in [1.54, 1.807) is 0 Å². The number of nitrogens with zero attached hydrogens (tertiary/aromatic N) is 3. The number of benzene rings is 1. The van der Waals surface area contributed by atoms with Crippen LogP contribution in [0.1, 0.15) is 63.0 Å². The summed E-state index contributed by atoms with van der Waals surface area (Å²) in [5.74, 6) is 0.313. The number of carbonyl (C=O) groups is 1. The number of hydrogen-bond donors (Lipinski definition) is 1. The maximum atomic E-state index is 12.9. The van der Waals surface area contributed by atoms with Gasteiger partial charge < -0.3 is 15.0 Å². The van der Waals surface area contributed by atoms with Crippen LogP contribution in [0.5, 0.6) is 5.75 Å². The van der Waals surface area contributed by atoms with E-state index in [9.17, 15) is 4.79 Å². The summed E-state index contributed by atoms with van der Waals surface area (Å²) in [6, 6.07) is 10.1. The maximum absolute atomic E-state index is 12.9. The molecule has 0 saturated heterocycles. The number of aromatic nitrogens is 1. The predicted octanol–water partition coefficient (Wildman–Crippen LogP) is 5.12.